The maximum Gasteiger partial charge on any atom is 0.292 e. The summed E-state index contributed by atoms with van der Waals surface area (Å²) < 4.78 is 5.70. The number of ether oxygens (including phenoxy) is 1. The Balaban J connectivity index is 2.36. The van der Waals surface area contributed by atoms with Crippen LogP contribution in [0.1, 0.15) is 20.8 Å². The molecule has 0 aliphatic heterocycles. The fourth-order valence-electron chi connectivity index (χ4n) is 1.93. The van der Waals surface area contributed by atoms with Crippen LogP contribution < -0.4 is 10.1 Å². The van der Waals surface area contributed by atoms with Gasteiger partial charge in [-0.05, 0) is 45.0 Å². The van der Waals surface area contributed by atoms with Gasteiger partial charge < -0.3 is 10.1 Å². The van der Waals surface area contributed by atoms with Gasteiger partial charge in [0.2, 0.25) is 0 Å². The van der Waals surface area contributed by atoms with Gasteiger partial charge in [0.1, 0.15) is 17.2 Å². The van der Waals surface area contributed by atoms with E-state index in [1.165, 1.54) is 12.1 Å². The molecule has 7 heteroatoms. The van der Waals surface area contributed by atoms with Crippen molar-refractivity contribution in [1.82, 2.24) is 0 Å². The largest absolute Gasteiger partial charge is 0.456 e. The summed E-state index contributed by atoms with van der Waals surface area (Å²) in [6, 6.07) is 9.36. The van der Waals surface area contributed by atoms with Gasteiger partial charge in [0, 0.05) is 22.7 Å². The number of hydrogen-bond acceptors (Lipinski definition) is 4. The average molecular weight is 355 g/mol. The van der Waals surface area contributed by atoms with Crippen molar-refractivity contribution in [3.63, 3.8) is 0 Å². The quantitative estimate of drug-likeness (QED) is 0.547. The lowest BCUT2D eigenvalue weighted by atomic mass is 10.1. The van der Waals surface area contributed by atoms with Crippen molar-refractivity contribution < 1.29 is 9.66 Å². The van der Waals surface area contributed by atoms with E-state index in [9.17, 15) is 10.1 Å². The van der Waals surface area contributed by atoms with Crippen molar-refractivity contribution in [1.29, 1.82) is 0 Å². The Hall–Kier alpha value is -1.98. The molecule has 0 amide bonds. The van der Waals surface area contributed by atoms with Crippen LogP contribution in [0.2, 0.25) is 10.0 Å². The van der Waals surface area contributed by atoms with E-state index in [-0.39, 0.29) is 11.2 Å². The first-order chi connectivity index (χ1) is 10.7. The van der Waals surface area contributed by atoms with Crippen molar-refractivity contribution in [3.05, 3.63) is 56.6 Å². The summed E-state index contributed by atoms with van der Waals surface area (Å²) in [5.41, 5.74) is 0.0287. The summed E-state index contributed by atoms with van der Waals surface area (Å²) in [5, 5.41) is 15.1. The van der Waals surface area contributed by atoms with Gasteiger partial charge in [-0.2, -0.15) is 0 Å². The summed E-state index contributed by atoms with van der Waals surface area (Å²) >= 11 is 11.9. The molecule has 0 saturated carbocycles. The predicted octanol–water partition coefficient (Wildman–Crippen LogP) is 5.90. The molecule has 122 valence electrons. The second-order valence-electron chi connectivity index (χ2n) is 5.99. The van der Waals surface area contributed by atoms with Crippen LogP contribution in [0.3, 0.4) is 0 Å². The third-order valence-electron chi connectivity index (χ3n) is 2.80. The summed E-state index contributed by atoms with van der Waals surface area (Å²) in [6.45, 7) is 5.75. The Kier molecular flexibility index (Phi) is 5.02. The molecular weight excluding hydrogens is 339 g/mol. The van der Waals surface area contributed by atoms with Crippen LogP contribution in [0.5, 0.6) is 11.5 Å². The van der Waals surface area contributed by atoms with Crippen LogP contribution in [0.4, 0.5) is 11.4 Å². The number of nitrogens with one attached hydrogen (secondary N) is 1. The number of halogens is 2. The van der Waals surface area contributed by atoms with Crippen molar-refractivity contribution >= 4 is 34.6 Å². The molecule has 0 fully saturated rings. The molecule has 0 saturated heterocycles. The third-order valence-corrected chi connectivity index (χ3v) is 3.33. The lowest BCUT2D eigenvalue weighted by Crippen LogP contribution is -2.26. The monoisotopic (exact) mass is 354 g/mol. The van der Waals surface area contributed by atoms with Crippen LogP contribution in [0, 0.1) is 10.1 Å². The molecule has 2 aromatic rings. The van der Waals surface area contributed by atoms with E-state index in [0.717, 1.165) is 0 Å². The first-order valence-corrected chi connectivity index (χ1v) is 7.61. The standard InChI is InChI=1S/C16H16Cl2N2O3/c1-16(2,3)19-13-9-11(5-6-14(13)20(21)22)23-15-7-4-10(17)8-12(15)18/h4-9,19H,1-3H3. The van der Waals surface area contributed by atoms with Crippen LogP contribution in [0.25, 0.3) is 0 Å². The summed E-state index contributed by atoms with van der Waals surface area (Å²) in [7, 11) is 0. The molecule has 5 nitrogen and oxygen atoms in total. The average Bonchev–Trinajstić information content (AvgIpc) is 2.40. The Bertz CT molecular complexity index is 743. The van der Waals surface area contributed by atoms with Crippen molar-refractivity contribution in [2.24, 2.45) is 0 Å². The zero-order valence-corrected chi connectivity index (χ0v) is 14.4. The summed E-state index contributed by atoms with van der Waals surface area (Å²) in [4.78, 5) is 10.7. The Morgan fingerprint density at radius 3 is 2.39 bits per heavy atom. The molecule has 2 rings (SSSR count). The van der Waals surface area contributed by atoms with Gasteiger partial charge in [0.15, 0.2) is 0 Å². The highest BCUT2D eigenvalue weighted by atomic mass is 35.5. The molecule has 0 atom stereocenters. The summed E-state index contributed by atoms with van der Waals surface area (Å²) in [5.74, 6) is 0.859. The van der Waals surface area contributed by atoms with E-state index in [1.807, 2.05) is 20.8 Å². The molecule has 0 radical (unpaired) electrons. The van der Waals surface area contributed by atoms with Gasteiger partial charge >= 0.3 is 0 Å². The van der Waals surface area contributed by atoms with E-state index in [2.05, 4.69) is 5.32 Å². The zero-order chi connectivity index (χ0) is 17.2. The van der Waals surface area contributed by atoms with Crippen molar-refractivity contribution in [2.45, 2.75) is 26.3 Å². The van der Waals surface area contributed by atoms with Gasteiger partial charge in [-0.3, -0.25) is 10.1 Å². The van der Waals surface area contributed by atoms with Gasteiger partial charge in [-0.25, -0.2) is 0 Å². The number of nitro benzene ring substituents is 1. The number of nitro groups is 1. The van der Waals surface area contributed by atoms with E-state index in [0.29, 0.717) is 27.2 Å². The molecule has 0 bridgehead atoms. The minimum absolute atomic E-state index is 0.0190. The molecule has 0 aliphatic carbocycles. The molecule has 0 spiro atoms. The molecule has 23 heavy (non-hydrogen) atoms. The fourth-order valence-corrected chi connectivity index (χ4v) is 2.37. The molecule has 0 aliphatic rings. The maximum atomic E-state index is 11.2. The minimum atomic E-state index is -0.437. The highest BCUT2D eigenvalue weighted by Crippen LogP contribution is 2.36. The van der Waals surface area contributed by atoms with Gasteiger partial charge in [-0.15, -0.1) is 0 Å². The molecular formula is C16H16Cl2N2O3. The Labute approximate surface area is 144 Å². The second-order valence-corrected chi connectivity index (χ2v) is 6.83. The van der Waals surface area contributed by atoms with Crippen LogP contribution in [0.15, 0.2) is 36.4 Å². The number of hydrogen-bond donors (Lipinski definition) is 1. The van der Waals surface area contributed by atoms with Gasteiger partial charge in [0.05, 0.1) is 9.95 Å². The number of nitrogens with zero attached hydrogens (tertiary/aromatic N) is 1. The van der Waals surface area contributed by atoms with Crippen molar-refractivity contribution in [2.75, 3.05) is 5.32 Å². The van der Waals surface area contributed by atoms with E-state index in [4.69, 9.17) is 27.9 Å². The van der Waals surface area contributed by atoms with Crippen LogP contribution in [-0.4, -0.2) is 10.5 Å². The number of anilines is 1. The van der Waals surface area contributed by atoms with Crippen LogP contribution in [-0.2, 0) is 0 Å². The highest BCUT2D eigenvalue weighted by Gasteiger charge is 2.20. The Morgan fingerprint density at radius 2 is 1.83 bits per heavy atom. The first-order valence-electron chi connectivity index (χ1n) is 6.85. The number of benzene rings is 2. The molecule has 1 N–H and O–H groups in total. The molecule has 2 aromatic carbocycles. The SMILES string of the molecule is CC(C)(C)Nc1cc(Oc2ccc(Cl)cc2Cl)ccc1[N+](=O)[O-]. The van der Waals surface area contributed by atoms with Gasteiger partial charge in [-0.1, -0.05) is 23.2 Å². The van der Waals surface area contributed by atoms with E-state index >= 15 is 0 Å². The second kappa shape index (κ2) is 6.64. The van der Waals surface area contributed by atoms with E-state index in [1.54, 1.807) is 24.3 Å². The number of rotatable bonds is 4. The smallest absolute Gasteiger partial charge is 0.292 e. The molecule has 0 unspecified atom stereocenters. The lowest BCUT2D eigenvalue weighted by molar-refractivity contribution is -0.384. The van der Waals surface area contributed by atoms with E-state index < -0.39 is 4.92 Å². The zero-order valence-electron chi connectivity index (χ0n) is 12.9. The minimum Gasteiger partial charge on any atom is -0.456 e. The topological polar surface area (TPSA) is 64.4 Å². The highest BCUT2D eigenvalue weighted by molar-refractivity contribution is 6.35. The fraction of sp³-hybridized carbons (Fsp3) is 0.250. The Morgan fingerprint density at radius 1 is 1.13 bits per heavy atom. The first kappa shape index (κ1) is 17.4. The maximum absolute atomic E-state index is 11.2. The molecule has 0 aromatic heterocycles. The normalized spacial score (nSPS) is 11.2. The predicted molar refractivity (Wildman–Crippen MR) is 93.0 cm³/mol. The molecule has 0 heterocycles. The lowest BCUT2D eigenvalue weighted by Gasteiger charge is -2.22. The summed E-state index contributed by atoms with van der Waals surface area (Å²) in [6.07, 6.45) is 0. The van der Waals surface area contributed by atoms with Crippen molar-refractivity contribution in [3.8, 4) is 11.5 Å². The third kappa shape index (κ3) is 4.74. The van der Waals surface area contributed by atoms with Crippen LogP contribution >= 0.6 is 23.2 Å². The van der Waals surface area contributed by atoms with Gasteiger partial charge in [0.25, 0.3) is 5.69 Å².